The van der Waals surface area contributed by atoms with Crippen molar-refractivity contribution in [1.29, 1.82) is 0 Å². The second kappa shape index (κ2) is 7.18. The fourth-order valence-corrected chi connectivity index (χ4v) is 3.11. The maximum atomic E-state index is 12.7. The van der Waals surface area contributed by atoms with Gasteiger partial charge in [0.2, 0.25) is 0 Å². The van der Waals surface area contributed by atoms with Crippen molar-refractivity contribution < 1.29 is 4.79 Å². The van der Waals surface area contributed by atoms with Gasteiger partial charge in [-0.2, -0.15) is 5.10 Å². The lowest BCUT2D eigenvalue weighted by Crippen LogP contribution is -2.40. The molecule has 1 N–H and O–H groups in total. The Morgan fingerprint density at radius 2 is 1.83 bits per heavy atom. The Bertz CT molecular complexity index is 702. The quantitative estimate of drug-likeness (QED) is 0.887. The predicted molar refractivity (Wildman–Crippen MR) is 97.7 cm³/mol. The Balaban J connectivity index is 2.18. The summed E-state index contributed by atoms with van der Waals surface area (Å²) < 4.78 is 1.83. The zero-order valence-corrected chi connectivity index (χ0v) is 15.6. The number of aromatic nitrogens is 2. The van der Waals surface area contributed by atoms with Crippen LogP contribution in [0.5, 0.6) is 0 Å². The van der Waals surface area contributed by atoms with Gasteiger partial charge in [0.05, 0.1) is 22.6 Å². The molecule has 1 aromatic carbocycles. The van der Waals surface area contributed by atoms with Crippen molar-refractivity contribution in [2.75, 3.05) is 27.2 Å². The Morgan fingerprint density at radius 3 is 2.42 bits per heavy atom. The molecule has 0 aliphatic carbocycles. The van der Waals surface area contributed by atoms with Crippen LogP contribution in [0.25, 0.3) is 5.69 Å². The molecule has 0 atom stereocenters. The van der Waals surface area contributed by atoms with E-state index in [-0.39, 0.29) is 11.3 Å². The number of nitrogens with zero attached hydrogens (tertiary/aromatic N) is 3. The number of hydrogen-bond acceptors (Lipinski definition) is 3. The molecule has 2 rings (SSSR count). The molecule has 1 amide bonds. The van der Waals surface area contributed by atoms with E-state index in [1.807, 2.05) is 63.0 Å². The van der Waals surface area contributed by atoms with Gasteiger partial charge < -0.3 is 10.2 Å². The maximum Gasteiger partial charge on any atom is 0.255 e. The molecule has 0 fully saturated rings. The van der Waals surface area contributed by atoms with Crippen molar-refractivity contribution in [2.45, 2.75) is 27.7 Å². The lowest BCUT2D eigenvalue weighted by atomic mass is 9.93. The maximum absolute atomic E-state index is 12.7. The number of nitrogens with one attached hydrogen (secondary N) is 1. The number of hydrogen-bond donors (Lipinski definition) is 1. The number of carbonyl (C=O) groups is 1. The minimum absolute atomic E-state index is 0.0103. The summed E-state index contributed by atoms with van der Waals surface area (Å²) in [6.45, 7) is 9.66. The van der Waals surface area contributed by atoms with Crippen molar-refractivity contribution in [3.8, 4) is 5.69 Å². The van der Waals surface area contributed by atoms with Gasteiger partial charge in [0, 0.05) is 13.1 Å². The number of para-hydroxylation sites is 1. The van der Waals surface area contributed by atoms with Crippen LogP contribution in [0.15, 0.2) is 30.3 Å². The first-order valence-electron chi connectivity index (χ1n) is 8.26. The zero-order chi connectivity index (χ0) is 17.9. The molecule has 5 nitrogen and oxygen atoms in total. The Kier molecular flexibility index (Phi) is 5.44. The van der Waals surface area contributed by atoms with Crippen LogP contribution in [0.1, 0.15) is 35.6 Å². The molecule has 0 radical (unpaired) electrons. The summed E-state index contributed by atoms with van der Waals surface area (Å²) in [7, 11) is 4.09. The highest BCUT2D eigenvalue weighted by Gasteiger charge is 2.23. The normalized spacial score (nSPS) is 11.8. The molecule has 130 valence electrons. The third-order valence-electron chi connectivity index (χ3n) is 3.99. The van der Waals surface area contributed by atoms with Crippen LogP contribution in [0, 0.1) is 19.3 Å². The van der Waals surface area contributed by atoms with Gasteiger partial charge in [0.1, 0.15) is 0 Å². The smallest absolute Gasteiger partial charge is 0.255 e. The van der Waals surface area contributed by atoms with Gasteiger partial charge in [-0.25, -0.2) is 4.68 Å². The first-order valence-corrected chi connectivity index (χ1v) is 8.26. The van der Waals surface area contributed by atoms with Crippen LogP contribution >= 0.6 is 0 Å². The monoisotopic (exact) mass is 328 g/mol. The molecule has 1 heterocycles. The second-order valence-corrected chi connectivity index (χ2v) is 7.38. The van der Waals surface area contributed by atoms with Crippen molar-refractivity contribution in [3.05, 3.63) is 47.3 Å². The van der Waals surface area contributed by atoms with E-state index >= 15 is 0 Å². The number of carbonyl (C=O) groups excluding carboxylic acids is 1. The molecule has 1 aromatic heterocycles. The van der Waals surface area contributed by atoms with Crippen molar-refractivity contribution in [3.63, 3.8) is 0 Å². The molecular formula is C19H28N4O. The van der Waals surface area contributed by atoms with E-state index in [1.54, 1.807) is 0 Å². The molecule has 24 heavy (non-hydrogen) atoms. The van der Waals surface area contributed by atoms with E-state index in [4.69, 9.17) is 0 Å². The fourth-order valence-electron chi connectivity index (χ4n) is 3.11. The first-order chi connectivity index (χ1) is 11.2. The van der Waals surface area contributed by atoms with Crippen LogP contribution in [-0.4, -0.2) is 47.8 Å². The highest BCUT2D eigenvalue weighted by Crippen LogP contribution is 2.19. The van der Waals surface area contributed by atoms with E-state index in [2.05, 4.69) is 29.2 Å². The summed E-state index contributed by atoms with van der Waals surface area (Å²) in [6, 6.07) is 9.88. The minimum atomic E-state index is -0.0565. The van der Waals surface area contributed by atoms with Gasteiger partial charge >= 0.3 is 0 Å². The third kappa shape index (κ3) is 4.23. The van der Waals surface area contributed by atoms with E-state index in [0.29, 0.717) is 12.1 Å². The highest BCUT2D eigenvalue weighted by molar-refractivity contribution is 5.96. The summed E-state index contributed by atoms with van der Waals surface area (Å²) in [4.78, 5) is 14.8. The van der Waals surface area contributed by atoms with Crippen LogP contribution in [0.2, 0.25) is 0 Å². The summed E-state index contributed by atoms with van der Waals surface area (Å²) in [5.41, 5.74) is 3.25. The highest BCUT2D eigenvalue weighted by atomic mass is 16.1. The van der Waals surface area contributed by atoms with E-state index in [0.717, 1.165) is 23.6 Å². The molecule has 0 saturated heterocycles. The van der Waals surface area contributed by atoms with E-state index < -0.39 is 0 Å². The van der Waals surface area contributed by atoms with Crippen LogP contribution in [0.4, 0.5) is 0 Å². The van der Waals surface area contributed by atoms with Gasteiger partial charge in [0.25, 0.3) is 5.91 Å². The van der Waals surface area contributed by atoms with Crippen molar-refractivity contribution in [2.24, 2.45) is 5.41 Å². The second-order valence-electron chi connectivity index (χ2n) is 7.38. The fraction of sp³-hybridized carbons (Fsp3) is 0.474. The number of rotatable bonds is 6. The molecule has 0 aliphatic rings. The number of amides is 1. The van der Waals surface area contributed by atoms with Gasteiger partial charge in [-0.05, 0) is 45.5 Å². The summed E-state index contributed by atoms with van der Waals surface area (Å²) in [5, 5.41) is 7.61. The molecule has 2 aromatic rings. The molecule has 0 aliphatic heterocycles. The van der Waals surface area contributed by atoms with Gasteiger partial charge in [0.15, 0.2) is 0 Å². The Hall–Kier alpha value is -2.14. The van der Waals surface area contributed by atoms with Gasteiger partial charge in [-0.15, -0.1) is 0 Å². The summed E-state index contributed by atoms with van der Waals surface area (Å²) in [6.07, 6.45) is 0. The Morgan fingerprint density at radius 1 is 1.21 bits per heavy atom. The van der Waals surface area contributed by atoms with E-state index in [1.165, 1.54) is 0 Å². The lowest BCUT2D eigenvalue weighted by molar-refractivity contribution is 0.0928. The molecule has 5 heteroatoms. The van der Waals surface area contributed by atoms with Crippen LogP contribution in [0.3, 0.4) is 0 Å². The molecule has 0 unspecified atom stereocenters. The molecule has 0 saturated carbocycles. The van der Waals surface area contributed by atoms with Crippen LogP contribution in [-0.2, 0) is 0 Å². The standard InChI is InChI=1S/C19H28N4O/c1-14-17(18(24)20-12-19(3,4)13-22(5)6)15(2)23(21-14)16-10-8-7-9-11-16/h7-11H,12-13H2,1-6H3,(H,20,24). The summed E-state index contributed by atoms with van der Waals surface area (Å²) >= 11 is 0. The molecule has 0 spiro atoms. The average molecular weight is 328 g/mol. The topological polar surface area (TPSA) is 50.2 Å². The molecular weight excluding hydrogens is 300 g/mol. The number of aryl methyl sites for hydroxylation is 1. The van der Waals surface area contributed by atoms with Crippen LogP contribution < -0.4 is 5.32 Å². The average Bonchev–Trinajstić information content (AvgIpc) is 2.79. The van der Waals surface area contributed by atoms with Crippen molar-refractivity contribution >= 4 is 5.91 Å². The third-order valence-corrected chi connectivity index (χ3v) is 3.99. The van der Waals surface area contributed by atoms with Crippen molar-refractivity contribution in [1.82, 2.24) is 20.0 Å². The Labute approximate surface area is 144 Å². The predicted octanol–water partition coefficient (Wildman–Crippen LogP) is 2.81. The van der Waals surface area contributed by atoms with Gasteiger partial charge in [-0.1, -0.05) is 32.0 Å². The zero-order valence-electron chi connectivity index (χ0n) is 15.6. The largest absolute Gasteiger partial charge is 0.351 e. The van der Waals surface area contributed by atoms with E-state index in [9.17, 15) is 4.79 Å². The molecule has 0 bridgehead atoms. The van der Waals surface area contributed by atoms with Gasteiger partial charge in [-0.3, -0.25) is 4.79 Å². The lowest BCUT2D eigenvalue weighted by Gasteiger charge is -2.28. The number of benzene rings is 1. The minimum Gasteiger partial charge on any atom is -0.351 e. The SMILES string of the molecule is Cc1nn(-c2ccccc2)c(C)c1C(=O)NCC(C)(C)CN(C)C. The summed E-state index contributed by atoms with van der Waals surface area (Å²) in [5.74, 6) is -0.0565. The first kappa shape index (κ1) is 18.2.